The van der Waals surface area contributed by atoms with Gasteiger partial charge in [-0.1, -0.05) is 315 Å². The highest BCUT2D eigenvalue weighted by Crippen LogP contribution is 2.49. The molecule has 0 amide bonds. The van der Waals surface area contributed by atoms with Crippen molar-refractivity contribution in [3.63, 3.8) is 0 Å². The van der Waals surface area contributed by atoms with Crippen LogP contribution >= 0.6 is 34.0 Å². The van der Waals surface area contributed by atoms with Crippen LogP contribution in [0.4, 0.5) is 0 Å². The van der Waals surface area contributed by atoms with E-state index < -0.39 is 60.4 Å². The first-order valence-corrected chi connectivity index (χ1v) is 46.0. The summed E-state index contributed by atoms with van der Waals surface area (Å²) in [7, 11) is 0. The van der Waals surface area contributed by atoms with Gasteiger partial charge in [-0.3, -0.25) is 13.7 Å². The van der Waals surface area contributed by atoms with Gasteiger partial charge in [-0.05, 0) is 78.9 Å². The molecule has 0 aliphatic carbocycles. The third kappa shape index (κ3) is 11.9. The lowest BCUT2D eigenvalue weighted by Gasteiger charge is -2.11. The van der Waals surface area contributed by atoms with Crippen molar-refractivity contribution < 1.29 is 13.7 Å². The van der Waals surface area contributed by atoms with Crippen LogP contribution in [0.1, 0.15) is 13.7 Å². The highest BCUT2D eigenvalue weighted by atomic mass is 32.1. The number of fused-ring (bicyclic) bond motifs is 31. The van der Waals surface area contributed by atoms with Gasteiger partial charge in [0.2, 0.25) is 17.8 Å². The Morgan fingerprint density at radius 1 is 0.211 bits per heavy atom. The molecule has 0 fully saturated rings. The molecule has 3 N–H and O–H groups in total. The van der Waals surface area contributed by atoms with Crippen molar-refractivity contribution in [3.05, 3.63) is 394 Å². The van der Waals surface area contributed by atoms with E-state index in [0.29, 0.717) is 34.6 Å². The quantitative estimate of drug-likeness (QED) is 0.135. The lowest BCUT2D eigenvalue weighted by atomic mass is 10.1. The second-order valence-corrected chi connectivity index (χ2v) is 36.3. The van der Waals surface area contributed by atoms with Crippen LogP contribution in [0.5, 0.6) is 0 Å². The number of H-pyrrole nitrogens is 3. The number of para-hydroxylation sites is 7. The van der Waals surface area contributed by atoms with Gasteiger partial charge in [-0.15, -0.1) is 34.0 Å². The number of hydrogen-bond acceptors (Lipinski definition) is 11. The molecule has 18 aromatic carbocycles. The summed E-state index contributed by atoms with van der Waals surface area (Å²) in [5.41, 5.74) is 16.8. The molecule has 0 radical (unpaired) electrons. The molecular weight excluding hydrogens is 1690 g/mol. The zero-order valence-electron chi connectivity index (χ0n) is 79.9. The van der Waals surface area contributed by atoms with E-state index in [2.05, 4.69) is 247 Å². The van der Waals surface area contributed by atoms with Gasteiger partial charge in [-0.2, -0.15) is 19.9 Å². The average Bonchev–Trinajstić information content (AvgIpc) is 1.58. The fourth-order valence-corrected chi connectivity index (χ4v) is 23.4. The number of thiophene rings is 3. The third-order valence-electron chi connectivity index (χ3n) is 25.7. The molecule has 133 heavy (non-hydrogen) atoms. The van der Waals surface area contributed by atoms with E-state index in [0.717, 1.165) is 108 Å². The summed E-state index contributed by atoms with van der Waals surface area (Å²) in [6.07, 6.45) is 0. The minimum Gasteiger partial charge on any atom is -0.353 e. The van der Waals surface area contributed by atoms with E-state index in [1.165, 1.54) is 106 Å². The zero-order valence-corrected chi connectivity index (χ0v) is 72.3. The smallest absolute Gasteiger partial charge is 0.238 e. The van der Waals surface area contributed by atoms with Gasteiger partial charge in [0, 0.05) is 161 Å². The standard InChI is InChI=1S/2C39H23N5S.C38H22N4S/c2*1-3-11-23(12-4-1)37-41-38(24-13-5-2-6-14-24)43-39(42-37)44-32-18-10-8-16-26(32)29-21-30-28-20-19-27-25-15-7-9-17-31(25)40-35(27)36(28)45-34(30)22-33(29)44;1-2-10-22(11-3-1)35-27-14-5-8-16-31(27)40-38(41-35)42-32-17-9-6-13-24(32)28-20-29-26-19-18-25-23-12-4-7-15-30(23)39-36(25)37(26)43-34(29)21-33(28)42/h2*1-22,40H;1-21,39H/i1D,2D,3D,4D,5D,6D,11D,12D,13D,14D;;. The molecule has 620 valence electrons. The molecule has 0 aliphatic heterocycles. The first-order chi connectivity index (χ1) is 70.1. The van der Waals surface area contributed by atoms with Gasteiger partial charge < -0.3 is 15.0 Å². The van der Waals surface area contributed by atoms with Crippen molar-refractivity contribution in [1.82, 2.24) is 68.5 Å². The second kappa shape index (κ2) is 29.7. The molecule has 12 heterocycles. The number of aromatic amines is 3. The molecule has 14 nitrogen and oxygen atoms in total. The molecule has 30 rings (SSSR count). The van der Waals surface area contributed by atoms with Crippen LogP contribution in [0.25, 0.3) is 277 Å². The average molecular weight is 1760 g/mol. The maximum atomic E-state index is 8.73. The van der Waals surface area contributed by atoms with Crippen LogP contribution in [0.2, 0.25) is 0 Å². The van der Waals surface area contributed by atoms with Crippen molar-refractivity contribution >= 4 is 236 Å². The number of benzene rings is 18. The minimum absolute atomic E-state index is 0.0386. The number of hydrogen-bond donors (Lipinski definition) is 3. The van der Waals surface area contributed by atoms with Crippen LogP contribution in [0, 0.1) is 0 Å². The predicted molar refractivity (Wildman–Crippen MR) is 556 cm³/mol. The molecule has 0 bridgehead atoms. The Morgan fingerprint density at radius 3 is 0.887 bits per heavy atom. The minimum atomic E-state index is -0.601. The van der Waals surface area contributed by atoms with E-state index in [-0.39, 0.29) is 28.7 Å². The lowest BCUT2D eigenvalue weighted by molar-refractivity contribution is 0.953. The predicted octanol–water partition coefficient (Wildman–Crippen LogP) is 31.0. The molecule has 12 aromatic heterocycles. The summed E-state index contributed by atoms with van der Waals surface area (Å²) in [5.74, 6) is 1.90. The molecular formula is C116H68N14S3. The topological polar surface area (TPSA) is 165 Å². The Labute approximate surface area is 782 Å². The van der Waals surface area contributed by atoms with Crippen molar-refractivity contribution in [2.24, 2.45) is 0 Å². The second-order valence-electron chi connectivity index (χ2n) is 33.1. The van der Waals surface area contributed by atoms with E-state index in [1.807, 2.05) is 138 Å². The molecule has 0 saturated heterocycles. The maximum absolute atomic E-state index is 8.73. The number of rotatable bonds is 8. The van der Waals surface area contributed by atoms with Crippen LogP contribution in [0.15, 0.2) is 394 Å². The number of aromatic nitrogens is 14. The summed E-state index contributed by atoms with van der Waals surface area (Å²) in [4.78, 5) is 50.5. The molecule has 0 spiro atoms. The van der Waals surface area contributed by atoms with Gasteiger partial charge in [0.1, 0.15) is 0 Å². The van der Waals surface area contributed by atoms with Gasteiger partial charge in [0.05, 0.1) is 88.7 Å². The van der Waals surface area contributed by atoms with Crippen molar-refractivity contribution in [3.8, 4) is 74.7 Å². The largest absolute Gasteiger partial charge is 0.353 e. The molecule has 30 aromatic rings. The van der Waals surface area contributed by atoms with Crippen LogP contribution in [-0.2, 0) is 0 Å². The van der Waals surface area contributed by atoms with E-state index in [1.54, 1.807) is 15.9 Å². The van der Waals surface area contributed by atoms with Crippen LogP contribution in [-0.4, -0.2) is 68.5 Å². The van der Waals surface area contributed by atoms with Crippen LogP contribution < -0.4 is 0 Å². The summed E-state index contributed by atoms with van der Waals surface area (Å²) >= 11 is 5.33. The zero-order chi connectivity index (χ0) is 95.7. The summed E-state index contributed by atoms with van der Waals surface area (Å²) in [6.45, 7) is 0. The van der Waals surface area contributed by atoms with Crippen molar-refractivity contribution in [1.29, 1.82) is 0 Å². The Hall–Kier alpha value is -17.2. The summed E-state index contributed by atoms with van der Waals surface area (Å²) in [6, 6.07) is 110. The maximum Gasteiger partial charge on any atom is 0.238 e. The Morgan fingerprint density at radius 2 is 0.511 bits per heavy atom. The number of nitrogens with one attached hydrogen (secondary N) is 3. The third-order valence-corrected chi connectivity index (χ3v) is 29.3. The normalized spacial score (nSPS) is 13.1. The first kappa shape index (κ1) is 65.3. The summed E-state index contributed by atoms with van der Waals surface area (Å²) in [5, 5.41) is 22.1. The van der Waals surface area contributed by atoms with Crippen molar-refractivity contribution in [2.75, 3.05) is 0 Å². The monoisotopic (exact) mass is 1760 g/mol. The van der Waals surface area contributed by atoms with Gasteiger partial charge in [0.25, 0.3) is 0 Å². The molecule has 0 atom stereocenters. The van der Waals surface area contributed by atoms with Gasteiger partial charge in [-0.25, -0.2) is 19.9 Å². The highest BCUT2D eigenvalue weighted by Gasteiger charge is 2.27. The van der Waals surface area contributed by atoms with Gasteiger partial charge >= 0.3 is 0 Å². The SMILES string of the molecule is [2H]c1c([2H])c([2H])c(-c2nc(-c3c([2H])c([2H])c([2H])c([2H])c3[2H])nc(-n3c4ccccc4c4cc5c(cc43)sc3c5ccc4c5ccccc5[nH]c43)n2)c([2H])c1[2H].c1ccc(-c2nc(-c3ccccc3)nc(-n3c4ccccc4c4cc5c(cc43)sc3c5ccc4c5ccccc5[nH]c43)n2)cc1.c1ccc(-c2nc(-n3c4ccccc4c4cc5c(cc43)sc3c5ccc4c5ccccc5[nH]c43)nc3ccccc23)cc1. The lowest BCUT2D eigenvalue weighted by Crippen LogP contribution is -2.06. The Balaban J connectivity index is 0.000000105. The first-order valence-electron chi connectivity index (χ1n) is 48.5. The fourth-order valence-electron chi connectivity index (χ4n) is 19.8. The Bertz CT molecular complexity index is 10600. The van der Waals surface area contributed by atoms with E-state index in [9.17, 15) is 0 Å². The molecule has 0 unspecified atom stereocenters. The Kier molecular flexibility index (Phi) is 14.6. The molecule has 0 saturated carbocycles. The van der Waals surface area contributed by atoms with Gasteiger partial charge in [0.15, 0.2) is 23.3 Å². The molecule has 17 heteroatoms. The van der Waals surface area contributed by atoms with E-state index in [4.69, 9.17) is 48.6 Å². The summed E-state index contributed by atoms with van der Waals surface area (Å²) < 4.78 is 98.0. The van der Waals surface area contributed by atoms with Crippen LogP contribution in [0.3, 0.4) is 0 Å². The molecule has 0 aliphatic rings. The van der Waals surface area contributed by atoms with Crippen molar-refractivity contribution in [2.45, 2.75) is 0 Å². The highest BCUT2D eigenvalue weighted by molar-refractivity contribution is 7.27. The van der Waals surface area contributed by atoms with E-state index >= 15 is 0 Å². The number of nitrogens with zero attached hydrogens (tertiary/aromatic N) is 11. The fraction of sp³-hybridized carbons (Fsp3) is 0.